The van der Waals surface area contributed by atoms with E-state index in [1.165, 1.54) is 12.8 Å². The molecule has 0 radical (unpaired) electrons. The third-order valence-corrected chi connectivity index (χ3v) is 3.68. The Labute approximate surface area is 72.0 Å². The standard InChI is InChI=1S/C10H13NO/c12-10-5-6-4-9(11-10)8-3-1-2-7(6)8/h1,3,6-9H,2,4-5H2,(H,11,12)/t6-,7-,8-,9-/m1/s1. The Kier molecular flexibility index (Phi) is 1.18. The van der Waals surface area contributed by atoms with Gasteiger partial charge in [-0.3, -0.25) is 4.79 Å². The molecule has 1 saturated carbocycles. The maximum absolute atomic E-state index is 11.2. The molecule has 1 saturated heterocycles. The van der Waals surface area contributed by atoms with Crippen LogP contribution in [0.5, 0.6) is 0 Å². The zero-order chi connectivity index (χ0) is 8.13. The molecule has 2 bridgehead atoms. The predicted octanol–water partition coefficient (Wildman–Crippen LogP) is 1.09. The SMILES string of the molecule is O=C1C[C@H]2C[C@@H](N1)[C@@H]1C=CC[C@H]21. The van der Waals surface area contributed by atoms with Crippen molar-refractivity contribution in [1.82, 2.24) is 5.32 Å². The van der Waals surface area contributed by atoms with Gasteiger partial charge in [-0.25, -0.2) is 0 Å². The molecule has 0 aromatic heterocycles. The van der Waals surface area contributed by atoms with Crippen molar-refractivity contribution < 1.29 is 4.79 Å². The molecule has 2 heteroatoms. The van der Waals surface area contributed by atoms with Crippen LogP contribution < -0.4 is 5.32 Å². The second-order valence-corrected chi connectivity index (χ2v) is 4.28. The fraction of sp³-hybridized carbons (Fsp3) is 0.700. The molecule has 2 nitrogen and oxygen atoms in total. The second kappa shape index (κ2) is 2.12. The Morgan fingerprint density at radius 1 is 1.50 bits per heavy atom. The van der Waals surface area contributed by atoms with Crippen LogP contribution in [0.4, 0.5) is 0 Å². The second-order valence-electron chi connectivity index (χ2n) is 4.28. The van der Waals surface area contributed by atoms with E-state index in [9.17, 15) is 4.79 Å². The van der Waals surface area contributed by atoms with Crippen molar-refractivity contribution in [2.24, 2.45) is 17.8 Å². The first-order valence-corrected chi connectivity index (χ1v) is 4.80. The van der Waals surface area contributed by atoms with Crippen molar-refractivity contribution in [3.8, 4) is 0 Å². The molecule has 12 heavy (non-hydrogen) atoms. The Bertz CT molecular complexity index is 259. The third kappa shape index (κ3) is 0.728. The first-order valence-electron chi connectivity index (χ1n) is 4.80. The predicted molar refractivity (Wildman–Crippen MR) is 45.4 cm³/mol. The maximum Gasteiger partial charge on any atom is 0.220 e. The molecular weight excluding hydrogens is 150 g/mol. The molecule has 2 aliphatic carbocycles. The molecule has 1 amide bonds. The topological polar surface area (TPSA) is 29.1 Å². The van der Waals surface area contributed by atoms with E-state index >= 15 is 0 Å². The first kappa shape index (κ1) is 6.70. The average molecular weight is 163 g/mol. The smallest absolute Gasteiger partial charge is 0.220 e. The molecule has 0 spiro atoms. The number of hydrogen-bond donors (Lipinski definition) is 1. The molecule has 4 atom stereocenters. The molecule has 3 rings (SSSR count). The molecule has 1 N–H and O–H groups in total. The fourth-order valence-corrected chi connectivity index (χ4v) is 3.18. The molecule has 3 aliphatic rings. The van der Waals surface area contributed by atoms with Gasteiger partial charge in [0.1, 0.15) is 0 Å². The molecule has 0 aromatic rings. The summed E-state index contributed by atoms with van der Waals surface area (Å²) in [6.07, 6.45) is 7.80. The lowest BCUT2D eigenvalue weighted by Crippen LogP contribution is -2.39. The summed E-state index contributed by atoms with van der Waals surface area (Å²) in [5.74, 6) is 2.41. The van der Waals surface area contributed by atoms with Gasteiger partial charge in [0.2, 0.25) is 5.91 Å². The highest BCUT2D eigenvalue weighted by Crippen LogP contribution is 2.47. The Hall–Kier alpha value is -0.790. The van der Waals surface area contributed by atoms with Gasteiger partial charge in [-0.15, -0.1) is 0 Å². The number of allylic oxidation sites excluding steroid dienone is 1. The summed E-state index contributed by atoms with van der Waals surface area (Å²) in [6.45, 7) is 0. The van der Waals surface area contributed by atoms with Crippen molar-refractivity contribution in [3.05, 3.63) is 12.2 Å². The van der Waals surface area contributed by atoms with Gasteiger partial charge >= 0.3 is 0 Å². The van der Waals surface area contributed by atoms with E-state index in [1.54, 1.807) is 0 Å². The summed E-state index contributed by atoms with van der Waals surface area (Å²) in [5.41, 5.74) is 0. The van der Waals surface area contributed by atoms with Crippen LogP contribution in [0.2, 0.25) is 0 Å². The fourth-order valence-electron chi connectivity index (χ4n) is 3.18. The van der Waals surface area contributed by atoms with Crippen LogP contribution in [-0.2, 0) is 4.79 Å². The van der Waals surface area contributed by atoms with E-state index in [-0.39, 0.29) is 5.91 Å². The lowest BCUT2D eigenvalue weighted by atomic mass is 9.89. The van der Waals surface area contributed by atoms with Crippen molar-refractivity contribution in [3.63, 3.8) is 0 Å². The number of amides is 1. The Balaban J connectivity index is 1.94. The summed E-state index contributed by atoms with van der Waals surface area (Å²) < 4.78 is 0. The lowest BCUT2D eigenvalue weighted by Gasteiger charge is -2.21. The van der Waals surface area contributed by atoms with Crippen LogP contribution in [-0.4, -0.2) is 11.9 Å². The highest BCUT2D eigenvalue weighted by molar-refractivity contribution is 5.78. The quantitative estimate of drug-likeness (QED) is 0.532. The van der Waals surface area contributed by atoms with E-state index < -0.39 is 0 Å². The summed E-state index contributed by atoms with van der Waals surface area (Å²) in [6, 6.07) is 0.472. The summed E-state index contributed by atoms with van der Waals surface area (Å²) in [7, 11) is 0. The number of rotatable bonds is 0. The molecule has 0 aromatic carbocycles. The van der Waals surface area contributed by atoms with Gasteiger partial charge in [0, 0.05) is 18.4 Å². The number of hydrogen-bond acceptors (Lipinski definition) is 1. The van der Waals surface area contributed by atoms with Gasteiger partial charge in [0.15, 0.2) is 0 Å². The zero-order valence-corrected chi connectivity index (χ0v) is 6.99. The van der Waals surface area contributed by atoms with E-state index in [0.717, 1.165) is 12.3 Å². The summed E-state index contributed by atoms with van der Waals surface area (Å²) in [5, 5.41) is 3.09. The van der Waals surface area contributed by atoms with Crippen LogP contribution >= 0.6 is 0 Å². The van der Waals surface area contributed by atoms with Crippen LogP contribution in [0.1, 0.15) is 19.3 Å². The molecule has 1 aliphatic heterocycles. The van der Waals surface area contributed by atoms with Gasteiger partial charge in [-0.1, -0.05) is 12.2 Å². The number of piperidine rings is 1. The normalized spacial score (nSPS) is 49.2. The van der Waals surface area contributed by atoms with Gasteiger partial charge in [-0.2, -0.15) is 0 Å². The zero-order valence-electron chi connectivity index (χ0n) is 6.99. The number of fused-ring (bicyclic) bond motifs is 5. The van der Waals surface area contributed by atoms with Crippen LogP contribution in [0.25, 0.3) is 0 Å². The third-order valence-electron chi connectivity index (χ3n) is 3.68. The van der Waals surface area contributed by atoms with Crippen molar-refractivity contribution >= 4 is 5.91 Å². The van der Waals surface area contributed by atoms with Gasteiger partial charge in [0.25, 0.3) is 0 Å². The van der Waals surface area contributed by atoms with Crippen LogP contribution in [0.3, 0.4) is 0 Å². The first-order chi connectivity index (χ1) is 5.84. The van der Waals surface area contributed by atoms with Crippen molar-refractivity contribution in [2.75, 3.05) is 0 Å². The summed E-state index contributed by atoms with van der Waals surface area (Å²) in [4.78, 5) is 11.2. The van der Waals surface area contributed by atoms with E-state index in [2.05, 4.69) is 17.5 Å². The van der Waals surface area contributed by atoms with Gasteiger partial charge in [0.05, 0.1) is 0 Å². The highest BCUT2D eigenvalue weighted by Gasteiger charge is 2.47. The molecular formula is C10H13NO. The Morgan fingerprint density at radius 3 is 3.33 bits per heavy atom. The number of carbonyl (C=O) groups is 1. The van der Waals surface area contributed by atoms with Gasteiger partial charge < -0.3 is 5.32 Å². The van der Waals surface area contributed by atoms with Gasteiger partial charge in [-0.05, 0) is 24.7 Å². The minimum Gasteiger partial charge on any atom is -0.353 e. The summed E-state index contributed by atoms with van der Waals surface area (Å²) >= 11 is 0. The molecule has 0 unspecified atom stereocenters. The van der Waals surface area contributed by atoms with E-state index in [4.69, 9.17) is 0 Å². The van der Waals surface area contributed by atoms with Crippen LogP contribution in [0, 0.1) is 17.8 Å². The minimum atomic E-state index is 0.277. The Morgan fingerprint density at radius 2 is 2.42 bits per heavy atom. The lowest BCUT2D eigenvalue weighted by molar-refractivity contribution is -0.123. The number of nitrogens with one attached hydrogen (secondary N) is 1. The monoisotopic (exact) mass is 163 g/mol. The van der Waals surface area contributed by atoms with Crippen molar-refractivity contribution in [1.29, 1.82) is 0 Å². The highest BCUT2D eigenvalue weighted by atomic mass is 16.1. The number of carbonyl (C=O) groups excluding carboxylic acids is 1. The van der Waals surface area contributed by atoms with E-state index in [0.29, 0.717) is 17.9 Å². The average Bonchev–Trinajstić information content (AvgIpc) is 2.56. The maximum atomic E-state index is 11.2. The minimum absolute atomic E-state index is 0.277. The molecule has 1 heterocycles. The van der Waals surface area contributed by atoms with Crippen molar-refractivity contribution in [2.45, 2.75) is 25.3 Å². The molecule has 2 fully saturated rings. The van der Waals surface area contributed by atoms with E-state index in [1.807, 2.05) is 0 Å². The molecule has 64 valence electrons. The van der Waals surface area contributed by atoms with Crippen LogP contribution in [0.15, 0.2) is 12.2 Å². The largest absolute Gasteiger partial charge is 0.353 e.